The summed E-state index contributed by atoms with van der Waals surface area (Å²) in [5, 5.41) is 6.74. The van der Waals surface area contributed by atoms with Gasteiger partial charge in [0.15, 0.2) is 11.6 Å². The molecule has 2 aromatic rings. The second-order valence-electron chi connectivity index (χ2n) is 6.69. The van der Waals surface area contributed by atoms with E-state index in [1.54, 1.807) is 0 Å². The fourth-order valence-corrected chi connectivity index (χ4v) is 3.51. The van der Waals surface area contributed by atoms with Crippen molar-refractivity contribution in [3.05, 3.63) is 36.2 Å². The SMILES string of the molecule is O=C(Nc1ccn(-c2ncccc2C(F)(F)F)n1)N1CCCC1C1CC1. The van der Waals surface area contributed by atoms with Gasteiger partial charge in [-0.15, -0.1) is 5.10 Å². The summed E-state index contributed by atoms with van der Waals surface area (Å²) in [6.45, 7) is 0.701. The molecule has 1 N–H and O–H groups in total. The minimum absolute atomic E-state index is 0.204. The van der Waals surface area contributed by atoms with Crippen LogP contribution in [0, 0.1) is 5.92 Å². The second-order valence-corrected chi connectivity index (χ2v) is 6.69. The maximum Gasteiger partial charge on any atom is 0.420 e. The number of pyridine rings is 1. The van der Waals surface area contributed by atoms with Gasteiger partial charge in [-0.3, -0.25) is 5.32 Å². The Hall–Kier alpha value is -2.58. The Kier molecular flexibility index (Phi) is 4.08. The molecule has 1 atom stereocenters. The summed E-state index contributed by atoms with van der Waals surface area (Å²) in [5.41, 5.74) is -0.880. The monoisotopic (exact) mass is 365 g/mol. The Morgan fingerprint density at radius 2 is 2.04 bits per heavy atom. The van der Waals surface area contributed by atoms with Crippen LogP contribution in [0.1, 0.15) is 31.2 Å². The maximum atomic E-state index is 13.1. The lowest BCUT2D eigenvalue weighted by Gasteiger charge is -2.24. The molecule has 0 aromatic carbocycles. The van der Waals surface area contributed by atoms with Crippen molar-refractivity contribution in [2.24, 2.45) is 5.92 Å². The summed E-state index contributed by atoms with van der Waals surface area (Å²) >= 11 is 0. The van der Waals surface area contributed by atoms with Crippen LogP contribution in [0.15, 0.2) is 30.6 Å². The van der Waals surface area contributed by atoms with Crippen LogP contribution in [0.5, 0.6) is 0 Å². The number of amides is 2. The number of aromatic nitrogens is 3. The number of alkyl halides is 3. The number of nitrogens with one attached hydrogen (secondary N) is 1. The van der Waals surface area contributed by atoms with Crippen molar-refractivity contribution in [2.45, 2.75) is 37.9 Å². The maximum absolute atomic E-state index is 13.1. The van der Waals surface area contributed by atoms with Crippen LogP contribution in [0.2, 0.25) is 0 Å². The summed E-state index contributed by atoms with van der Waals surface area (Å²) in [6, 6.07) is 3.66. The molecule has 0 radical (unpaired) electrons. The molecule has 2 aliphatic rings. The zero-order valence-corrected chi connectivity index (χ0v) is 13.9. The molecular formula is C17H18F3N5O. The molecule has 2 amide bonds. The molecule has 1 unspecified atom stereocenters. The largest absolute Gasteiger partial charge is 0.420 e. The van der Waals surface area contributed by atoms with E-state index < -0.39 is 11.7 Å². The topological polar surface area (TPSA) is 63.1 Å². The third-order valence-corrected chi connectivity index (χ3v) is 4.86. The number of nitrogens with zero attached hydrogens (tertiary/aromatic N) is 4. The normalized spacial score (nSPS) is 20.4. The number of halogens is 3. The average Bonchev–Trinajstić information content (AvgIpc) is 3.15. The molecule has 9 heteroatoms. The Morgan fingerprint density at radius 1 is 1.23 bits per heavy atom. The fourth-order valence-electron chi connectivity index (χ4n) is 3.51. The fraction of sp³-hybridized carbons (Fsp3) is 0.471. The van der Waals surface area contributed by atoms with Crippen LogP contribution >= 0.6 is 0 Å². The van der Waals surface area contributed by atoms with Gasteiger partial charge in [-0.05, 0) is 43.7 Å². The van der Waals surface area contributed by atoms with Gasteiger partial charge in [0, 0.05) is 31.0 Å². The lowest BCUT2D eigenvalue weighted by Crippen LogP contribution is -2.39. The molecular weight excluding hydrogens is 347 g/mol. The van der Waals surface area contributed by atoms with E-state index in [-0.39, 0.29) is 23.7 Å². The summed E-state index contributed by atoms with van der Waals surface area (Å²) in [6.07, 6.45) is 2.39. The van der Waals surface area contributed by atoms with Crippen LogP contribution in [0.3, 0.4) is 0 Å². The van der Waals surface area contributed by atoms with E-state index in [0.29, 0.717) is 12.5 Å². The first kappa shape index (κ1) is 16.9. The summed E-state index contributed by atoms with van der Waals surface area (Å²) in [7, 11) is 0. The third kappa shape index (κ3) is 3.25. The van der Waals surface area contributed by atoms with Crippen molar-refractivity contribution >= 4 is 11.8 Å². The molecule has 1 aliphatic carbocycles. The van der Waals surface area contributed by atoms with Gasteiger partial charge in [0.25, 0.3) is 0 Å². The number of hydrogen-bond donors (Lipinski definition) is 1. The van der Waals surface area contributed by atoms with Crippen molar-refractivity contribution in [3.8, 4) is 5.82 Å². The molecule has 1 saturated heterocycles. The van der Waals surface area contributed by atoms with E-state index in [1.807, 2.05) is 4.90 Å². The standard InChI is InChI=1S/C17H18F3N5O/c18-17(19,20)12-3-1-8-21-15(12)25-10-7-14(23-25)22-16(26)24-9-2-4-13(24)11-5-6-11/h1,3,7-8,10-11,13H,2,4-6,9H2,(H,22,23,26). The van der Waals surface area contributed by atoms with Crippen LogP contribution in [-0.2, 0) is 6.18 Å². The van der Waals surface area contributed by atoms with E-state index in [4.69, 9.17) is 0 Å². The number of hydrogen-bond acceptors (Lipinski definition) is 3. The van der Waals surface area contributed by atoms with Gasteiger partial charge < -0.3 is 4.90 Å². The van der Waals surface area contributed by atoms with Crippen LogP contribution in [0.4, 0.5) is 23.8 Å². The van der Waals surface area contributed by atoms with Gasteiger partial charge in [0.2, 0.25) is 0 Å². The third-order valence-electron chi connectivity index (χ3n) is 4.86. The minimum Gasteiger partial charge on any atom is -0.321 e. The van der Waals surface area contributed by atoms with E-state index in [0.717, 1.165) is 36.4 Å². The van der Waals surface area contributed by atoms with Gasteiger partial charge in [-0.25, -0.2) is 14.5 Å². The molecule has 0 spiro atoms. The van der Waals surface area contributed by atoms with Gasteiger partial charge in [-0.2, -0.15) is 13.2 Å². The summed E-state index contributed by atoms with van der Waals surface area (Å²) in [4.78, 5) is 18.1. The number of urea groups is 1. The van der Waals surface area contributed by atoms with Gasteiger partial charge >= 0.3 is 12.2 Å². The molecule has 138 valence electrons. The van der Waals surface area contributed by atoms with Crippen molar-refractivity contribution in [2.75, 3.05) is 11.9 Å². The van der Waals surface area contributed by atoms with Crippen molar-refractivity contribution in [3.63, 3.8) is 0 Å². The number of carbonyl (C=O) groups is 1. The quantitative estimate of drug-likeness (QED) is 0.902. The van der Waals surface area contributed by atoms with Gasteiger partial charge in [0.05, 0.1) is 0 Å². The van der Waals surface area contributed by atoms with Gasteiger partial charge in [0.1, 0.15) is 5.56 Å². The van der Waals surface area contributed by atoms with Crippen LogP contribution < -0.4 is 5.32 Å². The number of anilines is 1. The Morgan fingerprint density at radius 3 is 2.77 bits per heavy atom. The Balaban J connectivity index is 1.51. The molecule has 3 heterocycles. The molecule has 1 saturated carbocycles. The molecule has 6 nitrogen and oxygen atoms in total. The minimum atomic E-state index is -4.54. The first-order valence-electron chi connectivity index (χ1n) is 8.59. The van der Waals surface area contributed by atoms with E-state index >= 15 is 0 Å². The highest BCUT2D eigenvalue weighted by Gasteiger charge is 2.40. The highest BCUT2D eigenvalue weighted by atomic mass is 19.4. The summed E-state index contributed by atoms with van der Waals surface area (Å²) < 4.78 is 40.4. The Bertz CT molecular complexity index is 815. The smallest absolute Gasteiger partial charge is 0.321 e. The molecule has 2 fully saturated rings. The average molecular weight is 365 g/mol. The van der Waals surface area contributed by atoms with Crippen molar-refractivity contribution in [1.82, 2.24) is 19.7 Å². The van der Waals surface area contributed by atoms with Crippen molar-refractivity contribution in [1.29, 1.82) is 0 Å². The van der Waals surface area contributed by atoms with Gasteiger partial charge in [-0.1, -0.05) is 0 Å². The predicted molar refractivity (Wildman–Crippen MR) is 87.8 cm³/mol. The number of likely N-dealkylation sites (tertiary alicyclic amines) is 1. The molecule has 4 rings (SSSR count). The molecule has 2 aromatic heterocycles. The molecule has 26 heavy (non-hydrogen) atoms. The van der Waals surface area contributed by atoms with Crippen molar-refractivity contribution < 1.29 is 18.0 Å². The lowest BCUT2D eigenvalue weighted by molar-refractivity contribution is -0.137. The van der Waals surface area contributed by atoms with E-state index in [9.17, 15) is 18.0 Å². The number of rotatable bonds is 3. The highest BCUT2D eigenvalue weighted by molar-refractivity contribution is 5.88. The highest BCUT2D eigenvalue weighted by Crippen LogP contribution is 2.40. The zero-order valence-electron chi connectivity index (χ0n) is 13.9. The Labute approximate surface area is 148 Å². The van der Waals surface area contributed by atoms with Crippen LogP contribution in [0.25, 0.3) is 5.82 Å². The second kappa shape index (κ2) is 6.30. The van der Waals surface area contributed by atoms with E-state index in [2.05, 4.69) is 15.4 Å². The molecule has 0 bridgehead atoms. The molecule has 1 aliphatic heterocycles. The first-order chi connectivity index (χ1) is 12.4. The lowest BCUT2D eigenvalue weighted by atomic mass is 10.1. The first-order valence-corrected chi connectivity index (χ1v) is 8.59. The predicted octanol–water partition coefficient (Wildman–Crippen LogP) is 3.69. The number of carbonyl (C=O) groups excluding carboxylic acids is 1. The van der Waals surface area contributed by atoms with E-state index in [1.165, 1.54) is 24.5 Å². The zero-order chi connectivity index (χ0) is 18.3. The summed E-state index contributed by atoms with van der Waals surface area (Å²) in [5.74, 6) is 0.469. The van der Waals surface area contributed by atoms with Crippen LogP contribution in [-0.4, -0.2) is 38.3 Å².